The fraction of sp³-hybridized carbons (Fsp3) is 0.833. The fourth-order valence-corrected chi connectivity index (χ4v) is 2.30. The quantitative estimate of drug-likeness (QED) is 0.551. The van der Waals surface area contributed by atoms with E-state index in [0.717, 1.165) is 25.9 Å². The molecule has 0 spiro atoms. The van der Waals surface area contributed by atoms with Gasteiger partial charge in [0.15, 0.2) is 0 Å². The lowest BCUT2D eigenvalue weighted by Gasteiger charge is -2.23. The Morgan fingerprint density at radius 1 is 1.39 bits per heavy atom. The molecule has 0 radical (unpaired) electrons. The second-order valence-electron chi connectivity index (χ2n) is 4.82. The summed E-state index contributed by atoms with van der Waals surface area (Å²) in [5.74, 6) is -0.306. The van der Waals surface area contributed by atoms with Crippen molar-refractivity contribution in [1.82, 2.24) is 16.0 Å². The summed E-state index contributed by atoms with van der Waals surface area (Å²) in [6.07, 6.45) is 2.70. The third-order valence-electron chi connectivity index (χ3n) is 3.39. The average Bonchev–Trinajstić information content (AvgIpc) is 2.82. The lowest BCUT2D eigenvalue weighted by molar-refractivity contribution is -0.126. The summed E-state index contributed by atoms with van der Waals surface area (Å²) < 4.78 is 5.68. The summed E-state index contributed by atoms with van der Waals surface area (Å²) in [6, 6.07) is 0. The van der Waals surface area contributed by atoms with Crippen molar-refractivity contribution in [3.8, 4) is 0 Å². The summed E-state index contributed by atoms with van der Waals surface area (Å²) in [7, 11) is 0. The zero-order valence-electron chi connectivity index (χ0n) is 10.5. The Morgan fingerprint density at radius 3 is 2.83 bits per heavy atom. The zero-order valence-corrected chi connectivity index (χ0v) is 10.5. The molecule has 2 aliphatic rings. The lowest BCUT2D eigenvalue weighted by atomic mass is 10.1. The van der Waals surface area contributed by atoms with E-state index in [0.29, 0.717) is 32.2 Å². The number of carbonyl (C=O) groups is 2. The van der Waals surface area contributed by atoms with Crippen molar-refractivity contribution in [2.75, 3.05) is 32.8 Å². The van der Waals surface area contributed by atoms with Gasteiger partial charge in [-0.3, -0.25) is 9.59 Å². The molecule has 18 heavy (non-hydrogen) atoms. The summed E-state index contributed by atoms with van der Waals surface area (Å²) in [5, 5.41) is 8.74. The normalized spacial score (nSPS) is 24.9. The summed E-state index contributed by atoms with van der Waals surface area (Å²) in [4.78, 5) is 22.6. The van der Waals surface area contributed by atoms with Gasteiger partial charge in [0, 0.05) is 19.5 Å². The molecule has 3 N–H and O–H groups in total. The molecule has 0 bridgehead atoms. The third kappa shape index (κ3) is 3.96. The van der Waals surface area contributed by atoms with Crippen molar-refractivity contribution in [3.63, 3.8) is 0 Å². The molecule has 0 aliphatic carbocycles. The van der Waals surface area contributed by atoms with Crippen LogP contribution < -0.4 is 16.0 Å². The Morgan fingerprint density at radius 2 is 2.17 bits per heavy atom. The minimum absolute atomic E-state index is 0.0406. The van der Waals surface area contributed by atoms with Gasteiger partial charge in [0.2, 0.25) is 11.8 Å². The minimum Gasteiger partial charge on any atom is -0.376 e. The number of hydrogen-bond acceptors (Lipinski definition) is 4. The Balaban J connectivity index is 1.54. The first-order chi connectivity index (χ1) is 8.75. The number of carbonyl (C=O) groups excluding carboxylic acids is 2. The van der Waals surface area contributed by atoms with Crippen molar-refractivity contribution in [2.45, 2.75) is 25.4 Å². The highest BCUT2D eigenvalue weighted by Gasteiger charge is 2.27. The molecular weight excluding hydrogens is 234 g/mol. The molecule has 6 nitrogen and oxygen atoms in total. The van der Waals surface area contributed by atoms with Crippen molar-refractivity contribution in [2.24, 2.45) is 5.92 Å². The molecule has 2 saturated heterocycles. The molecule has 102 valence electrons. The number of hydrogen-bond donors (Lipinski definition) is 3. The van der Waals surface area contributed by atoms with Crippen molar-refractivity contribution >= 4 is 11.8 Å². The lowest BCUT2D eigenvalue weighted by Crippen LogP contribution is -2.36. The molecule has 0 aromatic carbocycles. The molecule has 2 amide bonds. The van der Waals surface area contributed by atoms with E-state index in [-0.39, 0.29) is 17.7 Å². The van der Waals surface area contributed by atoms with Crippen molar-refractivity contribution < 1.29 is 14.3 Å². The summed E-state index contributed by atoms with van der Waals surface area (Å²) >= 11 is 0. The summed E-state index contributed by atoms with van der Waals surface area (Å²) in [6.45, 7) is 3.54. The summed E-state index contributed by atoms with van der Waals surface area (Å²) in [5.41, 5.74) is 0. The fourth-order valence-electron chi connectivity index (χ4n) is 2.30. The Kier molecular flexibility index (Phi) is 4.95. The molecule has 2 aliphatic heterocycles. The molecule has 1 atom stereocenters. The van der Waals surface area contributed by atoms with E-state index in [9.17, 15) is 9.59 Å². The molecule has 2 heterocycles. The SMILES string of the molecule is O=C1CC(C(=O)NCCOC2CCNCC2)CN1. The smallest absolute Gasteiger partial charge is 0.225 e. The maximum Gasteiger partial charge on any atom is 0.225 e. The number of piperidine rings is 1. The highest BCUT2D eigenvalue weighted by Crippen LogP contribution is 2.09. The molecule has 0 aromatic rings. The highest BCUT2D eigenvalue weighted by molar-refractivity contribution is 5.89. The van der Waals surface area contributed by atoms with Gasteiger partial charge in [-0.25, -0.2) is 0 Å². The minimum atomic E-state index is -0.212. The first kappa shape index (κ1) is 13.3. The number of nitrogens with one attached hydrogen (secondary N) is 3. The molecule has 2 fully saturated rings. The second kappa shape index (κ2) is 6.70. The van der Waals surface area contributed by atoms with E-state index in [4.69, 9.17) is 4.74 Å². The van der Waals surface area contributed by atoms with Crippen LogP contribution in [-0.4, -0.2) is 50.7 Å². The Hall–Kier alpha value is -1.14. The van der Waals surface area contributed by atoms with Crippen LogP contribution in [0.4, 0.5) is 0 Å². The van der Waals surface area contributed by atoms with Gasteiger partial charge >= 0.3 is 0 Å². The second-order valence-corrected chi connectivity index (χ2v) is 4.82. The van der Waals surface area contributed by atoms with Crippen LogP contribution in [0.3, 0.4) is 0 Å². The van der Waals surface area contributed by atoms with E-state index >= 15 is 0 Å². The molecule has 0 saturated carbocycles. The monoisotopic (exact) mass is 255 g/mol. The predicted octanol–water partition coefficient (Wildman–Crippen LogP) is -0.993. The number of rotatable bonds is 5. The number of ether oxygens (including phenoxy) is 1. The first-order valence-corrected chi connectivity index (χ1v) is 6.62. The number of amides is 2. The van der Waals surface area contributed by atoms with E-state index in [1.54, 1.807) is 0 Å². The van der Waals surface area contributed by atoms with Crippen LogP contribution >= 0.6 is 0 Å². The molecule has 1 unspecified atom stereocenters. The first-order valence-electron chi connectivity index (χ1n) is 6.62. The predicted molar refractivity (Wildman–Crippen MR) is 66.0 cm³/mol. The average molecular weight is 255 g/mol. The molecule has 0 aromatic heterocycles. The van der Waals surface area contributed by atoms with Gasteiger partial charge in [0.25, 0.3) is 0 Å². The van der Waals surface area contributed by atoms with Gasteiger partial charge in [0.1, 0.15) is 0 Å². The Bertz CT molecular complexity index is 303. The van der Waals surface area contributed by atoms with Gasteiger partial charge in [-0.1, -0.05) is 0 Å². The van der Waals surface area contributed by atoms with Gasteiger partial charge in [-0.15, -0.1) is 0 Å². The maximum absolute atomic E-state index is 11.7. The van der Waals surface area contributed by atoms with E-state index in [1.165, 1.54) is 0 Å². The standard InChI is InChI=1S/C12H21N3O3/c16-11-7-9(8-15-11)12(17)14-5-6-18-10-1-3-13-4-2-10/h9-10,13H,1-8H2,(H,14,17)(H,15,16). The van der Waals surface area contributed by atoms with Gasteiger partial charge in [-0.2, -0.15) is 0 Å². The van der Waals surface area contributed by atoms with E-state index in [1.807, 2.05) is 0 Å². The van der Waals surface area contributed by atoms with Crippen LogP contribution in [0.25, 0.3) is 0 Å². The van der Waals surface area contributed by atoms with Crippen molar-refractivity contribution in [1.29, 1.82) is 0 Å². The van der Waals surface area contributed by atoms with Crippen LogP contribution in [-0.2, 0) is 14.3 Å². The zero-order chi connectivity index (χ0) is 12.8. The third-order valence-corrected chi connectivity index (χ3v) is 3.39. The topological polar surface area (TPSA) is 79.5 Å². The van der Waals surface area contributed by atoms with Crippen LogP contribution in [0.1, 0.15) is 19.3 Å². The van der Waals surface area contributed by atoms with Gasteiger partial charge in [-0.05, 0) is 25.9 Å². The van der Waals surface area contributed by atoms with Gasteiger partial charge < -0.3 is 20.7 Å². The molecular formula is C12H21N3O3. The van der Waals surface area contributed by atoms with Crippen LogP contribution in [0, 0.1) is 5.92 Å². The van der Waals surface area contributed by atoms with Crippen LogP contribution in [0.5, 0.6) is 0 Å². The van der Waals surface area contributed by atoms with Crippen LogP contribution in [0.2, 0.25) is 0 Å². The van der Waals surface area contributed by atoms with E-state index in [2.05, 4.69) is 16.0 Å². The van der Waals surface area contributed by atoms with Gasteiger partial charge in [0.05, 0.1) is 18.6 Å². The Labute approximate surface area is 107 Å². The molecule has 6 heteroatoms. The maximum atomic E-state index is 11.7. The van der Waals surface area contributed by atoms with Crippen molar-refractivity contribution in [3.05, 3.63) is 0 Å². The van der Waals surface area contributed by atoms with E-state index < -0.39 is 0 Å². The largest absolute Gasteiger partial charge is 0.376 e. The molecule has 2 rings (SSSR count). The van der Waals surface area contributed by atoms with Crippen LogP contribution in [0.15, 0.2) is 0 Å². The highest BCUT2D eigenvalue weighted by atomic mass is 16.5.